The molecule has 0 radical (unpaired) electrons. The summed E-state index contributed by atoms with van der Waals surface area (Å²) in [4.78, 5) is 24.9. The highest BCUT2D eigenvalue weighted by Gasteiger charge is 2.28. The van der Waals surface area contributed by atoms with Crippen molar-refractivity contribution >= 4 is 17.8 Å². The number of ether oxygens (including phenoxy) is 3. The van der Waals surface area contributed by atoms with Gasteiger partial charge in [-0.3, -0.25) is 9.59 Å². The number of allylic oxidation sites excluding steroid dienone is 1. The van der Waals surface area contributed by atoms with Gasteiger partial charge in [0.1, 0.15) is 17.2 Å². The second-order valence-electron chi connectivity index (χ2n) is 6.95. The van der Waals surface area contributed by atoms with Crippen LogP contribution in [0.25, 0.3) is 6.08 Å². The molecule has 150 valence electrons. The first-order valence-corrected chi connectivity index (χ1v) is 9.51. The summed E-state index contributed by atoms with van der Waals surface area (Å²) in [5.41, 5.74) is 3.23. The van der Waals surface area contributed by atoms with E-state index in [1.54, 1.807) is 43.5 Å². The summed E-state index contributed by atoms with van der Waals surface area (Å²) in [5, 5.41) is 0. The Kier molecular flexibility index (Phi) is 5.35. The average molecular weight is 400 g/mol. The standard InChI is InChI=1S/C25H20O5/c1-16-5-3-4-6-18(16)14-23-25(27)21-12-11-20(15-22(21)30-23)29-24(26)13-17-7-9-19(28-2)10-8-17/h3-12,14-15H,13H2,1-2H3/b23-14-. The van der Waals surface area contributed by atoms with E-state index in [2.05, 4.69) is 0 Å². The number of esters is 1. The molecule has 5 nitrogen and oxygen atoms in total. The van der Waals surface area contributed by atoms with Crippen LogP contribution in [0.1, 0.15) is 27.0 Å². The molecule has 0 aromatic heterocycles. The fourth-order valence-electron chi connectivity index (χ4n) is 3.20. The number of rotatable bonds is 5. The molecular formula is C25H20O5. The second-order valence-corrected chi connectivity index (χ2v) is 6.95. The molecule has 1 aliphatic heterocycles. The predicted molar refractivity (Wildman–Crippen MR) is 113 cm³/mol. The lowest BCUT2D eigenvalue weighted by Crippen LogP contribution is -2.11. The highest BCUT2D eigenvalue weighted by molar-refractivity contribution is 6.14. The number of ketones is 1. The van der Waals surface area contributed by atoms with Crippen molar-refractivity contribution in [2.45, 2.75) is 13.3 Å². The highest BCUT2D eigenvalue weighted by Crippen LogP contribution is 2.35. The molecule has 0 saturated carbocycles. The quantitative estimate of drug-likeness (QED) is 0.351. The topological polar surface area (TPSA) is 61.8 Å². The fourth-order valence-corrected chi connectivity index (χ4v) is 3.20. The summed E-state index contributed by atoms with van der Waals surface area (Å²) in [7, 11) is 1.59. The van der Waals surface area contributed by atoms with Gasteiger partial charge >= 0.3 is 5.97 Å². The number of methoxy groups -OCH3 is 1. The molecule has 0 bridgehead atoms. The van der Waals surface area contributed by atoms with Crippen LogP contribution in [0.2, 0.25) is 0 Å². The third-order valence-electron chi connectivity index (χ3n) is 4.86. The molecule has 0 spiro atoms. The molecule has 3 aromatic carbocycles. The number of aryl methyl sites for hydroxylation is 1. The minimum atomic E-state index is -0.403. The Hall–Kier alpha value is -3.86. The maximum atomic E-state index is 12.6. The largest absolute Gasteiger partial charge is 0.497 e. The van der Waals surface area contributed by atoms with E-state index in [4.69, 9.17) is 14.2 Å². The summed E-state index contributed by atoms with van der Waals surface area (Å²) in [6.45, 7) is 1.97. The van der Waals surface area contributed by atoms with Crippen molar-refractivity contribution in [3.8, 4) is 17.2 Å². The molecule has 1 aliphatic rings. The molecule has 0 unspecified atom stereocenters. The van der Waals surface area contributed by atoms with E-state index in [0.717, 1.165) is 22.4 Å². The Labute approximate surface area is 174 Å². The lowest BCUT2D eigenvalue weighted by atomic mass is 10.1. The van der Waals surface area contributed by atoms with Crippen LogP contribution < -0.4 is 14.2 Å². The number of hydrogen-bond donors (Lipinski definition) is 0. The van der Waals surface area contributed by atoms with Crippen LogP contribution in [0.15, 0.2) is 72.5 Å². The summed E-state index contributed by atoms with van der Waals surface area (Å²) in [6, 6.07) is 19.7. The number of fused-ring (bicyclic) bond motifs is 1. The predicted octanol–water partition coefficient (Wildman–Crippen LogP) is 4.77. The maximum absolute atomic E-state index is 12.6. The van der Waals surface area contributed by atoms with E-state index in [0.29, 0.717) is 17.1 Å². The molecule has 4 rings (SSSR count). The SMILES string of the molecule is COc1ccc(CC(=O)Oc2ccc3c(c2)O/C(=C\c2ccccc2C)C3=O)cc1. The van der Waals surface area contributed by atoms with Crippen LogP contribution in [0.5, 0.6) is 17.2 Å². The Morgan fingerprint density at radius 1 is 1.00 bits per heavy atom. The van der Waals surface area contributed by atoms with Crippen LogP contribution in [-0.4, -0.2) is 18.9 Å². The van der Waals surface area contributed by atoms with Crippen LogP contribution in [0.3, 0.4) is 0 Å². The Morgan fingerprint density at radius 3 is 2.47 bits per heavy atom. The summed E-state index contributed by atoms with van der Waals surface area (Å²) in [5.74, 6) is 1.10. The van der Waals surface area contributed by atoms with Gasteiger partial charge in [0.25, 0.3) is 0 Å². The molecule has 0 aliphatic carbocycles. The molecule has 1 heterocycles. The van der Waals surface area contributed by atoms with E-state index in [9.17, 15) is 9.59 Å². The summed E-state index contributed by atoms with van der Waals surface area (Å²) in [6.07, 6.45) is 1.85. The average Bonchev–Trinajstić information content (AvgIpc) is 3.05. The summed E-state index contributed by atoms with van der Waals surface area (Å²) >= 11 is 0. The fraction of sp³-hybridized carbons (Fsp3) is 0.120. The molecule has 0 amide bonds. The molecule has 0 saturated heterocycles. The van der Waals surface area contributed by atoms with Crippen LogP contribution in [0.4, 0.5) is 0 Å². The Bertz CT molecular complexity index is 1140. The maximum Gasteiger partial charge on any atom is 0.315 e. The summed E-state index contributed by atoms with van der Waals surface area (Å²) < 4.78 is 16.3. The lowest BCUT2D eigenvalue weighted by Gasteiger charge is -2.06. The van der Waals surface area contributed by atoms with Gasteiger partial charge in [-0.05, 0) is 54.0 Å². The molecule has 3 aromatic rings. The first-order valence-electron chi connectivity index (χ1n) is 9.51. The van der Waals surface area contributed by atoms with Gasteiger partial charge in [-0.15, -0.1) is 0 Å². The second kappa shape index (κ2) is 8.25. The number of benzene rings is 3. The zero-order valence-electron chi connectivity index (χ0n) is 16.7. The van der Waals surface area contributed by atoms with Gasteiger partial charge in [0, 0.05) is 6.07 Å². The number of carbonyl (C=O) groups excluding carboxylic acids is 2. The van der Waals surface area contributed by atoms with Crippen LogP contribution >= 0.6 is 0 Å². The number of Topliss-reactive ketones (excluding diaryl/α,β-unsaturated/α-hetero) is 1. The van der Waals surface area contributed by atoms with E-state index in [1.807, 2.05) is 43.3 Å². The van der Waals surface area contributed by atoms with Gasteiger partial charge in [0.05, 0.1) is 19.1 Å². The van der Waals surface area contributed by atoms with Gasteiger partial charge in [-0.25, -0.2) is 0 Å². The first kappa shape index (κ1) is 19.5. The van der Waals surface area contributed by atoms with Crippen molar-refractivity contribution in [3.05, 3.63) is 94.7 Å². The van der Waals surface area contributed by atoms with Crippen molar-refractivity contribution in [3.63, 3.8) is 0 Å². The lowest BCUT2D eigenvalue weighted by molar-refractivity contribution is -0.133. The Morgan fingerprint density at radius 2 is 1.73 bits per heavy atom. The minimum Gasteiger partial charge on any atom is -0.497 e. The molecule has 0 atom stereocenters. The third kappa shape index (κ3) is 4.10. The normalized spacial score (nSPS) is 13.7. The zero-order valence-corrected chi connectivity index (χ0v) is 16.7. The number of hydrogen-bond acceptors (Lipinski definition) is 5. The van der Waals surface area contributed by atoms with E-state index < -0.39 is 5.97 Å². The van der Waals surface area contributed by atoms with E-state index in [1.165, 1.54) is 0 Å². The smallest absolute Gasteiger partial charge is 0.315 e. The molecule has 5 heteroatoms. The molecular weight excluding hydrogens is 380 g/mol. The third-order valence-corrected chi connectivity index (χ3v) is 4.86. The van der Waals surface area contributed by atoms with E-state index in [-0.39, 0.29) is 18.0 Å². The van der Waals surface area contributed by atoms with Crippen molar-refractivity contribution in [2.75, 3.05) is 7.11 Å². The molecule has 30 heavy (non-hydrogen) atoms. The van der Waals surface area contributed by atoms with Crippen LogP contribution in [-0.2, 0) is 11.2 Å². The van der Waals surface area contributed by atoms with Crippen molar-refractivity contribution in [1.82, 2.24) is 0 Å². The monoisotopic (exact) mass is 400 g/mol. The minimum absolute atomic E-state index is 0.124. The van der Waals surface area contributed by atoms with Crippen molar-refractivity contribution < 1.29 is 23.8 Å². The number of carbonyl (C=O) groups is 2. The van der Waals surface area contributed by atoms with Crippen molar-refractivity contribution in [1.29, 1.82) is 0 Å². The van der Waals surface area contributed by atoms with Gasteiger partial charge in [-0.1, -0.05) is 36.4 Å². The van der Waals surface area contributed by atoms with Gasteiger partial charge in [0.15, 0.2) is 5.76 Å². The highest BCUT2D eigenvalue weighted by atomic mass is 16.5. The van der Waals surface area contributed by atoms with Gasteiger partial charge in [0.2, 0.25) is 5.78 Å². The van der Waals surface area contributed by atoms with Gasteiger partial charge in [-0.2, -0.15) is 0 Å². The molecule has 0 N–H and O–H groups in total. The van der Waals surface area contributed by atoms with E-state index >= 15 is 0 Å². The molecule has 0 fully saturated rings. The van der Waals surface area contributed by atoms with Gasteiger partial charge < -0.3 is 14.2 Å². The van der Waals surface area contributed by atoms with Crippen LogP contribution in [0, 0.1) is 6.92 Å². The first-order chi connectivity index (χ1) is 14.5. The van der Waals surface area contributed by atoms with Crippen molar-refractivity contribution in [2.24, 2.45) is 0 Å². The Balaban J connectivity index is 1.47. The zero-order chi connectivity index (χ0) is 21.1.